The van der Waals surface area contributed by atoms with Crippen molar-refractivity contribution in [2.24, 2.45) is 0 Å². The zero-order valence-electron chi connectivity index (χ0n) is 12.5. The lowest BCUT2D eigenvalue weighted by atomic mass is 10.1. The number of allylic oxidation sites excluding steroid dienone is 7. The predicted octanol–water partition coefficient (Wildman–Crippen LogP) is 5.24. The van der Waals surface area contributed by atoms with Gasteiger partial charge in [0.1, 0.15) is 5.75 Å². The van der Waals surface area contributed by atoms with E-state index in [0.29, 0.717) is 6.61 Å². The third-order valence-corrected chi connectivity index (χ3v) is 3.30. The van der Waals surface area contributed by atoms with Gasteiger partial charge in [-0.25, -0.2) is 0 Å². The van der Waals surface area contributed by atoms with E-state index < -0.39 is 0 Å². The zero-order chi connectivity index (χ0) is 14.4. The fourth-order valence-corrected chi connectivity index (χ4v) is 2.10. The van der Waals surface area contributed by atoms with Crippen LogP contribution in [0, 0.1) is 6.92 Å². The van der Waals surface area contributed by atoms with E-state index in [1.54, 1.807) is 0 Å². The fourth-order valence-electron chi connectivity index (χ4n) is 2.10. The Bertz CT molecular complexity index is 586. The van der Waals surface area contributed by atoms with Crippen LogP contribution in [0.2, 0.25) is 0 Å². The largest absolute Gasteiger partial charge is 0.494 e. The number of rotatable bonds is 4. The molecule has 1 aromatic rings. The molecular formula is C19H22O. The molecule has 1 heteroatoms. The van der Waals surface area contributed by atoms with Crippen molar-refractivity contribution in [3.63, 3.8) is 0 Å². The average Bonchev–Trinajstić information content (AvgIpc) is 2.65. The maximum atomic E-state index is 5.63. The summed E-state index contributed by atoms with van der Waals surface area (Å²) in [6.45, 7) is 6.91. The molecule has 0 aliphatic heterocycles. The van der Waals surface area contributed by atoms with E-state index in [2.05, 4.69) is 68.5 Å². The molecule has 0 aromatic heterocycles. The van der Waals surface area contributed by atoms with Gasteiger partial charge in [-0.2, -0.15) is 0 Å². The molecule has 1 aliphatic carbocycles. The highest BCUT2D eigenvalue weighted by Gasteiger charge is 1.99. The second-order valence-electron chi connectivity index (χ2n) is 5.05. The van der Waals surface area contributed by atoms with Crippen molar-refractivity contribution in [2.45, 2.75) is 27.2 Å². The Kier molecular flexibility index (Phi) is 5.00. The summed E-state index contributed by atoms with van der Waals surface area (Å²) in [6, 6.07) is 6.34. The molecule has 0 fully saturated rings. The van der Waals surface area contributed by atoms with Crippen LogP contribution in [-0.4, -0.2) is 6.61 Å². The van der Waals surface area contributed by atoms with Crippen molar-refractivity contribution in [1.29, 1.82) is 0 Å². The summed E-state index contributed by atoms with van der Waals surface area (Å²) in [5.74, 6) is 0.972. The van der Waals surface area contributed by atoms with E-state index in [-0.39, 0.29) is 0 Å². The minimum absolute atomic E-state index is 0.702. The van der Waals surface area contributed by atoms with Crippen LogP contribution in [0.15, 0.2) is 59.7 Å². The van der Waals surface area contributed by atoms with E-state index >= 15 is 0 Å². The van der Waals surface area contributed by atoms with Gasteiger partial charge in [-0.05, 0) is 50.0 Å². The van der Waals surface area contributed by atoms with Crippen LogP contribution >= 0.6 is 0 Å². The van der Waals surface area contributed by atoms with E-state index in [4.69, 9.17) is 4.74 Å². The summed E-state index contributed by atoms with van der Waals surface area (Å²) in [5.41, 5.74) is 4.96. The van der Waals surface area contributed by atoms with Crippen molar-refractivity contribution in [2.75, 3.05) is 6.61 Å². The van der Waals surface area contributed by atoms with E-state index in [0.717, 1.165) is 12.2 Å². The van der Waals surface area contributed by atoms with Gasteiger partial charge in [0.25, 0.3) is 0 Å². The highest BCUT2D eigenvalue weighted by atomic mass is 16.5. The summed E-state index contributed by atoms with van der Waals surface area (Å²) in [6.07, 6.45) is 14.0. The Morgan fingerprint density at radius 1 is 1.15 bits per heavy atom. The Morgan fingerprint density at radius 3 is 2.80 bits per heavy atom. The van der Waals surface area contributed by atoms with Crippen molar-refractivity contribution in [1.82, 2.24) is 0 Å². The second kappa shape index (κ2) is 6.95. The molecule has 1 nitrogen and oxygen atoms in total. The van der Waals surface area contributed by atoms with Gasteiger partial charge in [0.2, 0.25) is 0 Å². The van der Waals surface area contributed by atoms with Crippen LogP contribution < -0.4 is 4.74 Å². The third kappa shape index (κ3) is 3.99. The van der Waals surface area contributed by atoms with Crippen LogP contribution in [0.25, 0.3) is 6.08 Å². The van der Waals surface area contributed by atoms with E-state index in [9.17, 15) is 0 Å². The third-order valence-electron chi connectivity index (χ3n) is 3.30. The Morgan fingerprint density at radius 2 is 2.00 bits per heavy atom. The molecule has 0 saturated heterocycles. The first-order chi connectivity index (χ1) is 9.69. The van der Waals surface area contributed by atoms with Crippen molar-refractivity contribution in [3.8, 4) is 5.75 Å². The monoisotopic (exact) mass is 266 g/mol. The average molecular weight is 266 g/mol. The molecule has 104 valence electrons. The highest BCUT2D eigenvalue weighted by molar-refractivity contribution is 5.57. The van der Waals surface area contributed by atoms with Crippen LogP contribution in [0.3, 0.4) is 0 Å². The minimum Gasteiger partial charge on any atom is -0.494 e. The van der Waals surface area contributed by atoms with Crippen molar-refractivity contribution in [3.05, 3.63) is 70.9 Å². The Hall–Kier alpha value is -2.02. The summed E-state index contributed by atoms with van der Waals surface area (Å²) in [7, 11) is 0. The molecule has 0 unspecified atom stereocenters. The molecule has 0 amide bonds. The Labute approximate surface area is 122 Å². The van der Waals surface area contributed by atoms with Gasteiger partial charge < -0.3 is 4.74 Å². The number of hydrogen-bond acceptors (Lipinski definition) is 1. The van der Waals surface area contributed by atoms with Gasteiger partial charge in [-0.15, -0.1) is 0 Å². The van der Waals surface area contributed by atoms with Gasteiger partial charge in [0, 0.05) is 0 Å². The molecular weight excluding hydrogens is 244 g/mol. The van der Waals surface area contributed by atoms with Crippen molar-refractivity contribution < 1.29 is 4.74 Å². The van der Waals surface area contributed by atoms with E-state index in [1.165, 1.54) is 22.3 Å². The fraction of sp³-hybridized carbons (Fsp3) is 0.263. The van der Waals surface area contributed by atoms with Crippen LogP contribution in [-0.2, 0) is 0 Å². The van der Waals surface area contributed by atoms with Crippen molar-refractivity contribution >= 4 is 6.08 Å². The van der Waals surface area contributed by atoms with Crippen LogP contribution in [0.5, 0.6) is 5.75 Å². The standard InChI is InChI=1S/C19H22O/c1-4-20-19-14-18(11-9-16(19)3)13-12-17-7-5-6-15(2)8-10-17/h5-6,8-14H,4,7H2,1-3H3/b13-12+. The quantitative estimate of drug-likeness (QED) is 0.724. The molecule has 0 bridgehead atoms. The maximum absolute atomic E-state index is 5.63. The first-order valence-corrected chi connectivity index (χ1v) is 7.14. The second-order valence-corrected chi connectivity index (χ2v) is 5.05. The lowest BCUT2D eigenvalue weighted by Crippen LogP contribution is -1.94. The molecule has 1 aliphatic rings. The smallest absolute Gasteiger partial charge is 0.122 e. The lowest BCUT2D eigenvalue weighted by Gasteiger charge is -2.07. The zero-order valence-corrected chi connectivity index (χ0v) is 12.5. The number of ether oxygens (including phenoxy) is 1. The Balaban J connectivity index is 2.15. The molecule has 2 rings (SSSR count). The normalized spacial score (nSPS) is 14.9. The SMILES string of the molecule is CCOc1cc(/C=C/C2=CC=C(C)C=CC2)ccc1C. The molecule has 0 saturated carbocycles. The van der Waals surface area contributed by atoms with Gasteiger partial charge in [0.15, 0.2) is 0 Å². The van der Waals surface area contributed by atoms with Gasteiger partial charge in [-0.1, -0.05) is 54.2 Å². The molecule has 0 heterocycles. The van der Waals surface area contributed by atoms with Gasteiger partial charge >= 0.3 is 0 Å². The molecule has 0 spiro atoms. The molecule has 20 heavy (non-hydrogen) atoms. The number of aryl methyl sites for hydroxylation is 1. The number of hydrogen-bond donors (Lipinski definition) is 0. The van der Waals surface area contributed by atoms with Crippen LogP contribution in [0.4, 0.5) is 0 Å². The highest BCUT2D eigenvalue weighted by Crippen LogP contribution is 2.21. The first-order valence-electron chi connectivity index (χ1n) is 7.14. The van der Waals surface area contributed by atoms with Gasteiger partial charge in [0.05, 0.1) is 6.61 Å². The number of benzene rings is 1. The van der Waals surface area contributed by atoms with E-state index in [1.807, 2.05) is 6.92 Å². The first kappa shape index (κ1) is 14.4. The summed E-state index contributed by atoms with van der Waals surface area (Å²) < 4.78 is 5.63. The summed E-state index contributed by atoms with van der Waals surface area (Å²) in [5, 5.41) is 0. The molecule has 1 aromatic carbocycles. The molecule has 0 atom stereocenters. The molecule has 0 N–H and O–H groups in total. The minimum atomic E-state index is 0.702. The van der Waals surface area contributed by atoms with Gasteiger partial charge in [-0.3, -0.25) is 0 Å². The van der Waals surface area contributed by atoms with Crippen LogP contribution in [0.1, 0.15) is 31.4 Å². The lowest BCUT2D eigenvalue weighted by molar-refractivity contribution is 0.338. The maximum Gasteiger partial charge on any atom is 0.122 e. The summed E-state index contributed by atoms with van der Waals surface area (Å²) >= 11 is 0. The predicted molar refractivity (Wildman–Crippen MR) is 87.0 cm³/mol. The molecule has 0 radical (unpaired) electrons. The topological polar surface area (TPSA) is 9.23 Å². The summed E-state index contributed by atoms with van der Waals surface area (Å²) in [4.78, 5) is 0.